The van der Waals surface area contributed by atoms with Gasteiger partial charge in [-0.2, -0.15) is 0 Å². The smallest absolute Gasteiger partial charge is 0.138 e. The van der Waals surface area contributed by atoms with Crippen molar-refractivity contribution in [1.82, 2.24) is 9.97 Å². The molecule has 0 radical (unpaired) electrons. The molecule has 0 aliphatic heterocycles. The van der Waals surface area contributed by atoms with Crippen LogP contribution >= 0.6 is 0 Å². The molecule has 3 aromatic carbocycles. The zero-order valence-electron chi connectivity index (χ0n) is 13.5. The van der Waals surface area contributed by atoms with Crippen LogP contribution in [0.1, 0.15) is 11.1 Å². The van der Waals surface area contributed by atoms with Gasteiger partial charge < -0.3 is 9.72 Å². The zero-order valence-corrected chi connectivity index (χ0v) is 13.5. The van der Waals surface area contributed by atoms with Gasteiger partial charge >= 0.3 is 0 Å². The van der Waals surface area contributed by atoms with Gasteiger partial charge in [-0.1, -0.05) is 42.5 Å². The number of para-hydroxylation sites is 2. The lowest BCUT2D eigenvalue weighted by atomic mass is 10.1. The SMILES string of the molecule is Cc1cc(OCc2ccccc2)ccc1-c1nc2ccccc2[nH]1. The number of benzene rings is 3. The largest absolute Gasteiger partial charge is 0.489 e. The van der Waals surface area contributed by atoms with Gasteiger partial charge in [0.25, 0.3) is 0 Å². The quantitative estimate of drug-likeness (QED) is 0.568. The van der Waals surface area contributed by atoms with Gasteiger partial charge in [0, 0.05) is 5.56 Å². The van der Waals surface area contributed by atoms with E-state index in [2.05, 4.69) is 41.2 Å². The van der Waals surface area contributed by atoms with Crippen LogP contribution in [-0.4, -0.2) is 9.97 Å². The number of hydrogen-bond donors (Lipinski definition) is 1. The summed E-state index contributed by atoms with van der Waals surface area (Å²) in [5.41, 5.74) is 5.43. The van der Waals surface area contributed by atoms with Gasteiger partial charge in [0.15, 0.2) is 0 Å². The third-order valence-electron chi connectivity index (χ3n) is 4.09. The maximum Gasteiger partial charge on any atom is 0.138 e. The summed E-state index contributed by atoms with van der Waals surface area (Å²) in [7, 11) is 0. The summed E-state index contributed by atoms with van der Waals surface area (Å²) in [6, 6.07) is 24.4. The normalized spacial score (nSPS) is 10.9. The van der Waals surface area contributed by atoms with Gasteiger partial charge in [-0.3, -0.25) is 0 Å². The van der Waals surface area contributed by atoms with Crippen molar-refractivity contribution in [2.75, 3.05) is 0 Å². The summed E-state index contributed by atoms with van der Waals surface area (Å²) in [6.45, 7) is 2.65. The van der Waals surface area contributed by atoms with E-state index in [-0.39, 0.29) is 0 Å². The highest BCUT2D eigenvalue weighted by atomic mass is 16.5. The van der Waals surface area contributed by atoms with Crippen LogP contribution in [0.25, 0.3) is 22.4 Å². The molecule has 0 bridgehead atoms. The predicted molar refractivity (Wildman–Crippen MR) is 97.0 cm³/mol. The molecule has 1 aromatic heterocycles. The molecule has 0 aliphatic rings. The fourth-order valence-corrected chi connectivity index (χ4v) is 2.81. The van der Waals surface area contributed by atoms with Crippen molar-refractivity contribution in [3.63, 3.8) is 0 Å². The van der Waals surface area contributed by atoms with Crippen LogP contribution in [0, 0.1) is 6.92 Å². The number of fused-ring (bicyclic) bond motifs is 1. The molecule has 1 heterocycles. The Balaban J connectivity index is 1.57. The second-order valence-electron chi connectivity index (χ2n) is 5.85. The van der Waals surface area contributed by atoms with Crippen molar-refractivity contribution in [1.29, 1.82) is 0 Å². The number of hydrogen-bond acceptors (Lipinski definition) is 2. The van der Waals surface area contributed by atoms with Crippen LogP contribution in [0.15, 0.2) is 72.8 Å². The lowest BCUT2D eigenvalue weighted by Crippen LogP contribution is -1.96. The molecule has 3 nitrogen and oxygen atoms in total. The molecule has 3 heteroatoms. The van der Waals surface area contributed by atoms with Crippen molar-refractivity contribution in [2.24, 2.45) is 0 Å². The van der Waals surface area contributed by atoms with Crippen LogP contribution in [0.4, 0.5) is 0 Å². The Hall–Kier alpha value is -3.07. The van der Waals surface area contributed by atoms with E-state index in [1.807, 2.05) is 48.5 Å². The third-order valence-corrected chi connectivity index (χ3v) is 4.09. The molecule has 0 fully saturated rings. The third kappa shape index (κ3) is 2.88. The summed E-state index contributed by atoms with van der Waals surface area (Å²) >= 11 is 0. The minimum Gasteiger partial charge on any atom is -0.489 e. The zero-order chi connectivity index (χ0) is 16.4. The van der Waals surface area contributed by atoms with E-state index in [4.69, 9.17) is 4.74 Å². The molecule has 0 atom stereocenters. The van der Waals surface area contributed by atoms with Crippen molar-refractivity contribution in [3.8, 4) is 17.1 Å². The number of ether oxygens (including phenoxy) is 1. The van der Waals surface area contributed by atoms with Gasteiger partial charge in [0.1, 0.15) is 18.2 Å². The Labute approximate surface area is 140 Å². The van der Waals surface area contributed by atoms with E-state index < -0.39 is 0 Å². The average molecular weight is 314 g/mol. The first-order valence-corrected chi connectivity index (χ1v) is 8.02. The van der Waals surface area contributed by atoms with E-state index in [1.54, 1.807) is 0 Å². The highest BCUT2D eigenvalue weighted by Gasteiger charge is 2.08. The van der Waals surface area contributed by atoms with E-state index >= 15 is 0 Å². The van der Waals surface area contributed by atoms with E-state index in [0.29, 0.717) is 6.61 Å². The molecule has 1 N–H and O–H groups in total. The van der Waals surface area contributed by atoms with Crippen molar-refractivity contribution in [3.05, 3.63) is 83.9 Å². The molecular weight excluding hydrogens is 296 g/mol. The number of H-pyrrole nitrogens is 1. The molecule has 0 spiro atoms. The van der Waals surface area contributed by atoms with Gasteiger partial charge in [0.2, 0.25) is 0 Å². The molecule has 24 heavy (non-hydrogen) atoms. The van der Waals surface area contributed by atoms with Gasteiger partial charge in [-0.15, -0.1) is 0 Å². The summed E-state index contributed by atoms with van der Waals surface area (Å²) in [5.74, 6) is 1.76. The maximum absolute atomic E-state index is 5.89. The number of imidazole rings is 1. The van der Waals surface area contributed by atoms with Crippen molar-refractivity contribution >= 4 is 11.0 Å². The summed E-state index contributed by atoms with van der Waals surface area (Å²) in [6.07, 6.45) is 0. The first-order chi connectivity index (χ1) is 11.8. The number of rotatable bonds is 4. The second kappa shape index (κ2) is 6.20. The Bertz CT molecular complexity index is 940. The lowest BCUT2D eigenvalue weighted by molar-refractivity contribution is 0.306. The Morgan fingerprint density at radius 1 is 0.917 bits per heavy atom. The maximum atomic E-state index is 5.89. The van der Waals surface area contributed by atoms with Crippen LogP contribution in [0.3, 0.4) is 0 Å². The number of aryl methyl sites for hydroxylation is 1. The predicted octanol–water partition coefficient (Wildman–Crippen LogP) is 5.12. The van der Waals surface area contributed by atoms with Crippen molar-refractivity contribution < 1.29 is 4.74 Å². The molecule has 4 rings (SSSR count). The fourth-order valence-electron chi connectivity index (χ4n) is 2.81. The Kier molecular flexibility index (Phi) is 3.75. The molecular formula is C21H18N2O. The van der Waals surface area contributed by atoms with Crippen LogP contribution in [-0.2, 0) is 6.61 Å². The molecule has 0 unspecified atom stereocenters. The Morgan fingerprint density at radius 2 is 1.71 bits per heavy atom. The lowest BCUT2D eigenvalue weighted by Gasteiger charge is -2.09. The number of aromatic nitrogens is 2. The van der Waals surface area contributed by atoms with Gasteiger partial charge in [-0.05, 0) is 48.4 Å². The summed E-state index contributed by atoms with van der Waals surface area (Å²) in [5, 5.41) is 0. The summed E-state index contributed by atoms with van der Waals surface area (Å²) in [4.78, 5) is 8.05. The van der Waals surface area contributed by atoms with Crippen molar-refractivity contribution in [2.45, 2.75) is 13.5 Å². The standard InChI is InChI=1S/C21H18N2O/c1-15-13-17(24-14-16-7-3-2-4-8-16)11-12-18(15)21-22-19-9-5-6-10-20(19)23-21/h2-13H,14H2,1H3,(H,22,23). The van der Waals surface area contributed by atoms with Crippen LogP contribution in [0.5, 0.6) is 5.75 Å². The molecule has 0 saturated heterocycles. The highest BCUT2D eigenvalue weighted by molar-refractivity contribution is 5.79. The fraction of sp³-hybridized carbons (Fsp3) is 0.0952. The highest BCUT2D eigenvalue weighted by Crippen LogP contribution is 2.27. The number of nitrogens with zero attached hydrogens (tertiary/aromatic N) is 1. The Morgan fingerprint density at radius 3 is 2.50 bits per heavy atom. The average Bonchev–Trinajstić information content (AvgIpc) is 3.04. The van der Waals surface area contributed by atoms with Crippen LogP contribution < -0.4 is 4.74 Å². The molecule has 4 aromatic rings. The van der Waals surface area contributed by atoms with Gasteiger partial charge in [0.05, 0.1) is 11.0 Å². The van der Waals surface area contributed by atoms with E-state index in [1.165, 1.54) is 0 Å². The van der Waals surface area contributed by atoms with E-state index in [0.717, 1.165) is 39.3 Å². The number of nitrogens with one attached hydrogen (secondary N) is 1. The first-order valence-electron chi connectivity index (χ1n) is 8.02. The molecule has 118 valence electrons. The monoisotopic (exact) mass is 314 g/mol. The molecule has 0 saturated carbocycles. The second-order valence-corrected chi connectivity index (χ2v) is 5.85. The van der Waals surface area contributed by atoms with Gasteiger partial charge in [-0.25, -0.2) is 4.98 Å². The molecule has 0 amide bonds. The van der Waals surface area contributed by atoms with E-state index in [9.17, 15) is 0 Å². The van der Waals surface area contributed by atoms with Crippen LogP contribution in [0.2, 0.25) is 0 Å². The minimum atomic E-state index is 0.574. The summed E-state index contributed by atoms with van der Waals surface area (Å²) < 4.78 is 5.89. The minimum absolute atomic E-state index is 0.574. The molecule has 0 aliphatic carbocycles. The number of aromatic amines is 1. The topological polar surface area (TPSA) is 37.9 Å². The first kappa shape index (κ1) is 14.5.